The predicted molar refractivity (Wildman–Crippen MR) is 242 cm³/mol. The summed E-state index contributed by atoms with van der Waals surface area (Å²) in [6, 6.07) is 44.5. The molecule has 0 amide bonds. The van der Waals surface area contributed by atoms with E-state index in [1.807, 2.05) is 98.8 Å². The molecule has 0 spiro atoms. The molecule has 0 atom stereocenters. The lowest BCUT2D eigenvalue weighted by Crippen LogP contribution is -2.36. The Labute approximate surface area is 360 Å². The van der Waals surface area contributed by atoms with Gasteiger partial charge in [-0.2, -0.15) is 0 Å². The molecule has 2 saturated heterocycles. The van der Waals surface area contributed by atoms with Crippen molar-refractivity contribution in [3.8, 4) is 11.5 Å². The molecule has 318 valence electrons. The van der Waals surface area contributed by atoms with E-state index in [1.54, 1.807) is 0 Å². The minimum atomic E-state index is -0.0470. The van der Waals surface area contributed by atoms with Gasteiger partial charge in [0.05, 0.1) is 30.6 Å². The second-order valence-electron chi connectivity index (χ2n) is 15.2. The molecule has 2 heterocycles. The maximum Gasteiger partial charge on any atom is 0.309 e. The summed E-state index contributed by atoms with van der Waals surface area (Å²) < 4.78 is 22.2. The molecule has 0 bridgehead atoms. The summed E-state index contributed by atoms with van der Waals surface area (Å²) >= 11 is 0. The highest BCUT2D eigenvalue weighted by atomic mass is 16.5. The van der Waals surface area contributed by atoms with Crippen LogP contribution in [0.4, 0.5) is 0 Å². The Bertz CT molecular complexity index is 2280. The zero-order valence-electron chi connectivity index (χ0n) is 35.4. The summed E-state index contributed by atoms with van der Waals surface area (Å²) in [4.78, 5) is 37.0. The average Bonchev–Trinajstić information content (AvgIpc) is 3.32. The summed E-state index contributed by atoms with van der Waals surface area (Å²) in [7, 11) is 0. The molecule has 0 aliphatic carbocycles. The van der Waals surface area contributed by atoms with Crippen LogP contribution in [-0.2, 0) is 38.8 Å². The van der Waals surface area contributed by atoms with E-state index in [1.165, 1.54) is 16.3 Å². The van der Waals surface area contributed by atoms with Crippen LogP contribution in [0.5, 0.6) is 11.5 Å². The first kappa shape index (κ1) is 44.5. The Kier molecular flexibility index (Phi) is 17.3. The van der Waals surface area contributed by atoms with Crippen LogP contribution in [-0.4, -0.2) is 62.5 Å². The molecule has 9 nitrogen and oxygen atoms in total. The number of hydrogen-bond acceptors (Lipinski definition) is 9. The Morgan fingerprint density at radius 1 is 0.590 bits per heavy atom. The lowest BCUT2D eigenvalue weighted by atomic mass is 9.96. The van der Waals surface area contributed by atoms with Crippen molar-refractivity contribution >= 4 is 39.8 Å². The van der Waals surface area contributed by atoms with Gasteiger partial charge in [0.1, 0.15) is 24.7 Å². The molecule has 2 aliphatic heterocycles. The Morgan fingerprint density at radius 3 is 1.62 bits per heavy atom. The van der Waals surface area contributed by atoms with Gasteiger partial charge in [0, 0.05) is 12.1 Å². The van der Waals surface area contributed by atoms with Gasteiger partial charge in [-0.15, -0.1) is 0 Å². The molecule has 2 aliphatic rings. The SMILES string of the molecule is CCOC(=O)C1CCN(Cc2c(OCc3ccccc3)ccc3ccccc23)CC1.CCOC(=O)C1CCNCC1.O=Cc1c(OCc2ccccc2)ccc2ccccc12. The highest BCUT2D eigenvalue weighted by molar-refractivity contribution is 6.00. The molecule has 0 aromatic heterocycles. The molecule has 6 aromatic carbocycles. The van der Waals surface area contributed by atoms with Gasteiger partial charge in [-0.3, -0.25) is 19.3 Å². The van der Waals surface area contributed by atoms with E-state index in [0.29, 0.717) is 37.7 Å². The van der Waals surface area contributed by atoms with Gasteiger partial charge in [0.15, 0.2) is 6.29 Å². The minimum Gasteiger partial charge on any atom is -0.489 e. The molecule has 1 N–H and O–H groups in total. The number of ether oxygens (including phenoxy) is 4. The van der Waals surface area contributed by atoms with Crippen LogP contribution in [0.15, 0.2) is 133 Å². The standard InChI is InChI=1S/C26H29NO3.C18H14O2.C8H15NO2/c1-2-29-26(28)22-14-16-27(17-15-22)18-24-23-11-7-6-10-21(23)12-13-25(24)30-19-20-8-4-3-5-9-20;19-12-17-16-9-5-4-8-15(16)10-11-18(17)20-13-14-6-2-1-3-7-14;1-2-11-8(10)7-3-5-9-6-4-7/h3-13,22H,2,14-19H2,1H3;1-12H,13H2;7,9H,2-6H2,1H3. The molecule has 0 radical (unpaired) electrons. The highest BCUT2D eigenvalue weighted by Gasteiger charge is 2.27. The van der Waals surface area contributed by atoms with E-state index in [-0.39, 0.29) is 23.8 Å². The summed E-state index contributed by atoms with van der Waals surface area (Å²) in [6.45, 7) is 10.2. The molecule has 61 heavy (non-hydrogen) atoms. The fourth-order valence-corrected chi connectivity index (χ4v) is 7.74. The summed E-state index contributed by atoms with van der Waals surface area (Å²) in [5.41, 5.74) is 4.07. The van der Waals surface area contributed by atoms with E-state index in [0.717, 1.165) is 92.3 Å². The molecule has 0 saturated carbocycles. The Hall–Kier alpha value is -6.03. The van der Waals surface area contributed by atoms with Crippen molar-refractivity contribution in [2.75, 3.05) is 39.4 Å². The van der Waals surface area contributed by atoms with E-state index >= 15 is 0 Å². The number of esters is 2. The van der Waals surface area contributed by atoms with Crippen LogP contribution in [0.25, 0.3) is 21.5 Å². The quantitative estimate of drug-likeness (QED) is 0.0901. The average molecular weight is 823 g/mol. The lowest BCUT2D eigenvalue weighted by Gasteiger charge is -2.31. The Morgan fingerprint density at radius 2 is 1.07 bits per heavy atom. The van der Waals surface area contributed by atoms with E-state index < -0.39 is 0 Å². The van der Waals surface area contributed by atoms with Crippen LogP contribution in [0.2, 0.25) is 0 Å². The second-order valence-corrected chi connectivity index (χ2v) is 15.2. The number of rotatable bonds is 13. The van der Waals surface area contributed by atoms with Gasteiger partial charge >= 0.3 is 11.9 Å². The van der Waals surface area contributed by atoms with E-state index in [2.05, 4.69) is 58.7 Å². The van der Waals surface area contributed by atoms with Crippen molar-refractivity contribution in [3.63, 3.8) is 0 Å². The summed E-state index contributed by atoms with van der Waals surface area (Å²) in [5, 5.41) is 7.63. The maximum absolute atomic E-state index is 12.1. The normalized spacial score (nSPS) is 14.5. The smallest absolute Gasteiger partial charge is 0.309 e. The van der Waals surface area contributed by atoms with Gasteiger partial charge in [-0.25, -0.2) is 0 Å². The molecule has 2 fully saturated rings. The van der Waals surface area contributed by atoms with Crippen molar-refractivity contribution in [2.24, 2.45) is 11.8 Å². The number of nitrogens with one attached hydrogen (secondary N) is 1. The lowest BCUT2D eigenvalue weighted by molar-refractivity contribution is -0.150. The molecule has 6 aromatic rings. The van der Waals surface area contributed by atoms with E-state index in [9.17, 15) is 14.4 Å². The van der Waals surface area contributed by atoms with Gasteiger partial charge < -0.3 is 24.3 Å². The summed E-state index contributed by atoms with van der Waals surface area (Å²) in [6.07, 6.45) is 4.42. The predicted octanol–water partition coefficient (Wildman–Crippen LogP) is 9.97. The van der Waals surface area contributed by atoms with Crippen molar-refractivity contribution in [1.29, 1.82) is 0 Å². The largest absolute Gasteiger partial charge is 0.489 e. The summed E-state index contributed by atoms with van der Waals surface area (Å²) in [5.74, 6) is 1.68. The van der Waals surface area contributed by atoms with Crippen LogP contribution < -0.4 is 14.8 Å². The third-order valence-electron chi connectivity index (χ3n) is 11.1. The zero-order chi connectivity index (χ0) is 42.7. The number of likely N-dealkylation sites (tertiary alicyclic amines) is 1. The van der Waals surface area contributed by atoms with Crippen LogP contribution in [0.3, 0.4) is 0 Å². The highest BCUT2D eigenvalue weighted by Crippen LogP contribution is 2.32. The van der Waals surface area contributed by atoms with Gasteiger partial charge in [0.25, 0.3) is 0 Å². The number of aldehydes is 1. The second kappa shape index (κ2) is 23.7. The molecule has 9 heteroatoms. The number of nitrogens with zero attached hydrogens (tertiary/aromatic N) is 1. The number of piperidine rings is 2. The number of benzene rings is 6. The topological polar surface area (TPSA) is 103 Å². The van der Waals surface area contributed by atoms with Gasteiger partial charge in [0.2, 0.25) is 0 Å². The molecular weight excluding hydrogens is 765 g/mol. The van der Waals surface area contributed by atoms with Crippen molar-refractivity contribution in [1.82, 2.24) is 10.2 Å². The molecular formula is C52H58N2O7. The first-order chi connectivity index (χ1) is 30.0. The number of fused-ring (bicyclic) bond motifs is 2. The van der Waals surface area contributed by atoms with Crippen molar-refractivity contribution < 1.29 is 33.3 Å². The number of carbonyl (C=O) groups is 3. The molecule has 8 rings (SSSR count). The van der Waals surface area contributed by atoms with Crippen molar-refractivity contribution in [3.05, 3.63) is 156 Å². The van der Waals surface area contributed by atoms with Crippen LogP contribution >= 0.6 is 0 Å². The first-order valence-electron chi connectivity index (χ1n) is 21.5. The van der Waals surface area contributed by atoms with Crippen LogP contribution in [0.1, 0.15) is 66.6 Å². The first-order valence-corrected chi connectivity index (χ1v) is 21.5. The fourth-order valence-electron chi connectivity index (χ4n) is 7.74. The third kappa shape index (κ3) is 13.0. The maximum atomic E-state index is 12.1. The third-order valence-corrected chi connectivity index (χ3v) is 11.1. The monoisotopic (exact) mass is 822 g/mol. The minimum absolute atomic E-state index is 0.0194. The zero-order valence-corrected chi connectivity index (χ0v) is 35.4. The number of carbonyl (C=O) groups excluding carboxylic acids is 3. The van der Waals surface area contributed by atoms with Crippen molar-refractivity contribution in [2.45, 2.75) is 59.3 Å². The van der Waals surface area contributed by atoms with E-state index in [4.69, 9.17) is 18.9 Å². The van der Waals surface area contributed by atoms with Gasteiger partial charge in [-0.1, -0.05) is 121 Å². The molecule has 0 unspecified atom stereocenters. The van der Waals surface area contributed by atoms with Crippen LogP contribution in [0, 0.1) is 11.8 Å². The van der Waals surface area contributed by atoms with Gasteiger partial charge in [-0.05, 0) is 111 Å². The number of hydrogen-bond donors (Lipinski definition) is 1. The fraction of sp³-hybridized carbons (Fsp3) is 0.327. The Balaban J connectivity index is 0.000000172.